The van der Waals surface area contributed by atoms with Crippen molar-refractivity contribution in [3.05, 3.63) is 56.5 Å². The van der Waals surface area contributed by atoms with E-state index in [1.54, 1.807) is 37.3 Å². The van der Waals surface area contributed by atoms with Crippen molar-refractivity contribution in [2.45, 2.75) is 11.8 Å². The standard InChI is InChI=1S/C13H10BrCl2NO2S/c1-8-5-6-9(14)7-12(8)20(18,19)17-13-10(15)3-2-4-11(13)16/h2-7,17H,1H3. The smallest absolute Gasteiger partial charge is 0.262 e. The Balaban J connectivity index is 2.49. The van der Waals surface area contributed by atoms with Gasteiger partial charge in [-0.25, -0.2) is 8.42 Å². The van der Waals surface area contributed by atoms with Gasteiger partial charge in [0.05, 0.1) is 20.6 Å². The number of rotatable bonds is 3. The van der Waals surface area contributed by atoms with Crippen LogP contribution in [0.25, 0.3) is 0 Å². The van der Waals surface area contributed by atoms with Gasteiger partial charge < -0.3 is 0 Å². The van der Waals surface area contributed by atoms with Crippen molar-refractivity contribution in [3.8, 4) is 0 Å². The highest BCUT2D eigenvalue weighted by Crippen LogP contribution is 2.32. The summed E-state index contributed by atoms with van der Waals surface area (Å²) < 4.78 is 28.0. The first-order chi connectivity index (χ1) is 9.31. The van der Waals surface area contributed by atoms with E-state index in [0.29, 0.717) is 10.0 Å². The maximum absolute atomic E-state index is 12.4. The molecule has 0 amide bonds. The molecular formula is C13H10BrCl2NO2S. The van der Waals surface area contributed by atoms with E-state index in [1.807, 2.05) is 0 Å². The summed E-state index contributed by atoms with van der Waals surface area (Å²) in [6, 6.07) is 9.80. The average molecular weight is 395 g/mol. The van der Waals surface area contributed by atoms with Crippen LogP contribution in [0.2, 0.25) is 10.0 Å². The number of hydrogen-bond acceptors (Lipinski definition) is 2. The largest absolute Gasteiger partial charge is 0.277 e. The quantitative estimate of drug-likeness (QED) is 0.807. The van der Waals surface area contributed by atoms with Crippen molar-refractivity contribution >= 4 is 54.8 Å². The molecule has 0 spiro atoms. The Morgan fingerprint density at radius 2 is 1.70 bits per heavy atom. The second-order valence-electron chi connectivity index (χ2n) is 4.11. The lowest BCUT2D eigenvalue weighted by molar-refractivity contribution is 0.600. The summed E-state index contributed by atoms with van der Waals surface area (Å²) in [5, 5.41) is 0.488. The molecule has 0 radical (unpaired) electrons. The van der Waals surface area contributed by atoms with Gasteiger partial charge in [0, 0.05) is 4.47 Å². The minimum absolute atomic E-state index is 0.169. The Labute approximate surface area is 136 Å². The Bertz CT molecular complexity index is 743. The lowest BCUT2D eigenvalue weighted by atomic mass is 10.2. The van der Waals surface area contributed by atoms with Gasteiger partial charge in [-0.3, -0.25) is 4.72 Å². The zero-order chi connectivity index (χ0) is 14.9. The molecule has 2 aromatic carbocycles. The van der Waals surface area contributed by atoms with Gasteiger partial charge in [0.25, 0.3) is 10.0 Å². The number of benzene rings is 2. The second kappa shape index (κ2) is 5.93. The fourth-order valence-electron chi connectivity index (χ4n) is 1.65. The van der Waals surface area contributed by atoms with Crippen LogP contribution in [0.4, 0.5) is 5.69 Å². The highest BCUT2D eigenvalue weighted by atomic mass is 79.9. The summed E-state index contributed by atoms with van der Waals surface area (Å²) in [5.41, 5.74) is 0.805. The Morgan fingerprint density at radius 1 is 1.10 bits per heavy atom. The molecule has 2 rings (SSSR count). The molecule has 106 valence electrons. The highest BCUT2D eigenvalue weighted by Gasteiger charge is 2.20. The molecule has 0 atom stereocenters. The molecule has 0 aliphatic carbocycles. The minimum Gasteiger partial charge on any atom is -0.277 e. The van der Waals surface area contributed by atoms with Crippen LogP contribution < -0.4 is 4.72 Å². The molecule has 0 unspecified atom stereocenters. The van der Waals surface area contributed by atoms with Gasteiger partial charge >= 0.3 is 0 Å². The van der Waals surface area contributed by atoms with E-state index in [2.05, 4.69) is 20.7 Å². The predicted octanol–water partition coefficient (Wildman–Crippen LogP) is 4.87. The van der Waals surface area contributed by atoms with E-state index < -0.39 is 10.0 Å². The zero-order valence-electron chi connectivity index (χ0n) is 10.3. The van der Waals surface area contributed by atoms with Crippen molar-refractivity contribution in [1.29, 1.82) is 0 Å². The third kappa shape index (κ3) is 3.28. The monoisotopic (exact) mass is 393 g/mol. The summed E-state index contributed by atoms with van der Waals surface area (Å²) in [7, 11) is -3.76. The molecular weight excluding hydrogens is 385 g/mol. The van der Waals surface area contributed by atoms with E-state index in [0.717, 1.165) is 0 Å². The maximum Gasteiger partial charge on any atom is 0.262 e. The molecule has 0 fully saturated rings. The lowest BCUT2D eigenvalue weighted by Gasteiger charge is -2.13. The first-order valence-electron chi connectivity index (χ1n) is 5.54. The van der Waals surface area contributed by atoms with E-state index in [4.69, 9.17) is 23.2 Å². The Kier molecular flexibility index (Phi) is 4.64. The lowest BCUT2D eigenvalue weighted by Crippen LogP contribution is -2.15. The van der Waals surface area contributed by atoms with Crippen molar-refractivity contribution in [2.75, 3.05) is 4.72 Å². The topological polar surface area (TPSA) is 46.2 Å². The van der Waals surface area contributed by atoms with Crippen molar-refractivity contribution < 1.29 is 8.42 Å². The summed E-state index contributed by atoms with van der Waals surface area (Å²) in [6.45, 7) is 1.72. The average Bonchev–Trinajstić information content (AvgIpc) is 2.37. The first-order valence-corrected chi connectivity index (χ1v) is 8.57. The van der Waals surface area contributed by atoms with Crippen LogP contribution in [0.1, 0.15) is 5.56 Å². The van der Waals surface area contributed by atoms with E-state index in [1.165, 1.54) is 6.07 Å². The summed E-state index contributed by atoms with van der Waals surface area (Å²) in [4.78, 5) is 0.169. The molecule has 0 saturated heterocycles. The third-order valence-corrected chi connectivity index (χ3v) is 5.25. The van der Waals surface area contributed by atoms with Gasteiger partial charge in [-0.2, -0.15) is 0 Å². The van der Waals surface area contributed by atoms with Crippen molar-refractivity contribution in [1.82, 2.24) is 0 Å². The maximum atomic E-state index is 12.4. The normalized spacial score (nSPS) is 11.4. The zero-order valence-corrected chi connectivity index (χ0v) is 14.2. The van der Waals surface area contributed by atoms with Crippen LogP contribution in [0, 0.1) is 6.92 Å². The van der Waals surface area contributed by atoms with Crippen LogP contribution in [0.3, 0.4) is 0 Å². The summed E-state index contributed by atoms with van der Waals surface area (Å²) in [6.07, 6.45) is 0. The molecule has 0 aliphatic heterocycles. The summed E-state index contributed by atoms with van der Waals surface area (Å²) in [5.74, 6) is 0. The number of anilines is 1. The fraction of sp³-hybridized carbons (Fsp3) is 0.0769. The van der Waals surface area contributed by atoms with Crippen LogP contribution in [-0.2, 0) is 10.0 Å². The molecule has 20 heavy (non-hydrogen) atoms. The Hall–Kier alpha value is -0.750. The number of hydrogen-bond donors (Lipinski definition) is 1. The second-order valence-corrected chi connectivity index (χ2v) is 7.49. The van der Waals surface area contributed by atoms with Gasteiger partial charge in [-0.05, 0) is 36.8 Å². The molecule has 1 N–H and O–H groups in total. The molecule has 0 aliphatic rings. The van der Waals surface area contributed by atoms with Gasteiger partial charge in [0.1, 0.15) is 0 Å². The van der Waals surface area contributed by atoms with Gasteiger partial charge in [-0.15, -0.1) is 0 Å². The Morgan fingerprint density at radius 3 is 2.30 bits per heavy atom. The first kappa shape index (κ1) is 15.6. The van der Waals surface area contributed by atoms with Crippen LogP contribution >= 0.6 is 39.1 Å². The predicted molar refractivity (Wildman–Crippen MR) is 86.1 cm³/mol. The van der Waals surface area contributed by atoms with Crippen LogP contribution in [0.15, 0.2) is 45.8 Å². The van der Waals surface area contributed by atoms with E-state index in [-0.39, 0.29) is 20.6 Å². The number of halogens is 3. The van der Waals surface area contributed by atoms with Crippen molar-refractivity contribution in [2.24, 2.45) is 0 Å². The van der Waals surface area contributed by atoms with E-state index in [9.17, 15) is 8.42 Å². The fourth-order valence-corrected chi connectivity index (χ4v) is 4.14. The molecule has 0 heterocycles. The highest BCUT2D eigenvalue weighted by molar-refractivity contribution is 9.10. The molecule has 3 nitrogen and oxygen atoms in total. The molecule has 2 aromatic rings. The molecule has 0 aromatic heterocycles. The minimum atomic E-state index is -3.76. The SMILES string of the molecule is Cc1ccc(Br)cc1S(=O)(=O)Nc1c(Cl)cccc1Cl. The number of nitrogens with one attached hydrogen (secondary N) is 1. The van der Waals surface area contributed by atoms with Gasteiger partial charge in [0.15, 0.2) is 0 Å². The molecule has 7 heteroatoms. The van der Waals surface area contributed by atoms with Crippen LogP contribution in [0.5, 0.6) is 0 Å². The number of aryl methyl sites for hydroxylation is 1. The third-order valence-electron chi connectivity index (χ3n) is 2.64. The number of para-hydroxylation sites is 1. The number of sulfonamides is 1. The van der Waals surface area contributed by atoms with Crippen molar-refractivity contribution in [3.63, 3.8) is 0 Å². The van der Waals surface area contributed by atoms with E-state index >= 15 is 0 Å². The van der Waals surface area contributed by atoms with Gasteiger partial charge in [0.2, 0.25) is 0 Å². The van der Waals surface area contributed by atoms with Crippen LogP contribution in [-0.4, -0.2) is 8.42 Å². The van der Waals surface area contributed by atoms with Gasteiger partial charge in [-0.1, -0.05) is 51.3 Å². The summed E-state index contributed by atoms with van der Waals surface area (Å²) >= 11 is 15.2. The molecule has 0 bridgehead atoms. The molecule has 0 saturated carbocycles.